The number of rotatable bonds is 10. The van der Waals surface area contributed by atoms with Crippen LogP contribution in [0.3, 0.4) is 0 Å². The van der Waals surface area contributed by atoms with Crippen molar-refractivity contribution in [2.24, 2.45) is 0 Å². The smallest absolute Gasteiger partial charge is 0.160 e. The molecule has 0 saturated carbocycles. The third-order valence-electron chi connectivity index (χ3n) is 31.3. The van der Waals surface area contributed by atoms with E-state index < -0.39 is 0 Å². The Morgan fingerprint density at radius 1 is 0.190 bits per heavy atom. The number of aromatic nitrogens is 10. The predicted molar refractivity (Wildman–Crippen MR) is 609 cm³/mol. The van der Waals surface area contributed by atoms with Gasteiger partial charge in [0.1, 0.15) is 11.2 Å². The van der Waals surface area contributed by atoms with E-state index in [0.29, 0.717) is 0 Å². The van der Waals surface area contributed by atoms with Gasteiger partial charge in [-0.3, -0.25) is 0 Å². The average molecular weight is 1900 g/mol. The summed E-state index contributed by atoms with van der Waals surface area (Å²) in [6, 6.07) is 160. The molecule has 0 radical (unpaired) electrons. The molecule has 31 rings (SSSR count). The topological polar surface area (TPSA) is 110 Å². The molecule has 19 aromatic carbocycles. The van der Waals surface area contributed by atoms with Crippen LogP contribution in [0.1, 0.15) is 74.9 Å². The van der Waals surface area contributed by atoms with Crippen molar-refractivity contribution in [3.8, 4) is 124 Å². The Morgan fingerprint density at radius 2 is 0.469 bits per heavy atom. The van der Waals surface area contributed by atoms with E-state index in [-0.39, 0.29) is 16.2 Å². The van der Waals surface area contributed by atoms with Gasteiger partial charge < -0.3 is 22.7 Å². The van der Waals surface area contributed by atoms with E-state index in [4.69, 9.17) is 34.3 Å². The molecule has 0 bridgehead atoms. The van der Waals surface area contributed by atoms with Gasteiger partial charge in [-0.2, -0.15) is 0 Å². The van der Waals surface area contributed by atoms with Crippen molar-refractivity contribution < 1.29 is 4.42 Å². The molecule has 0 amide bonds. The third kappa shape index (κ3) is 13.2. The Morgan fingerprint density at radius 3 is 0.850 bits per heavy atom. The van der Waals surface area contributed by atoms with Crippen molar-refractivity contribution in [3.63, 3.8) is 0 Å². The van der Waals surface area contributed by atoms with E-state index in [1.165, 1.54) is 146 Å². The Bertz CT molecular complexity index is 9940. The zero-order chi connectivity index (χ0) is 97.8. The molecular weight excluding hydrogens is 1810 g/mol. The van der Waals surface area contributed by atoms with Crippen molar-refractivity contribution in [2.45, 2.75) is 57.8 Å². The SMILES string of the molecule is CC1(C)c2ccccc2-c2nc(-c3ccc(-n4c5ccccc5c5cc6c(cc54)c4ccccc4n6-c4ccccc4)cc3)nc(-c3ccccc3)c21.CC1(C)c2ccccc2-c2nc(-c3ccc(-n4c5ccccc5c5cc6oc7ccccc7c6cc54)cc3)nc(-c3ccccc3)c21.CC1(C)c2ccccc2-c2nc(-c3ccc(-n4c5ccccc5c5cc6sc7ccccc7c6cc54)cc3)nc(-c3ccccc3)c21. The molecule has 0 atom stereocenters. The van der Waals surface area contributed by atoms with Gasteiger partial charge in [-0.25, -0.2) is 29.9 Å². The minimum Gasteiger partial charge on any atom is -0.456 e. The summed E-state index contributed by atoms with van der Waals surface area (Å²) >= 11 is 1.87. The second-order valence-corrected chi connectivity index (χ2v) is 41.8. The summed E-state index contributed by atoms with van der Waals surface area (Å²) in [5.41, 5.74) is 38.6. The van der Waals surface area contributed by atoms with Crippen LogP contribution in [0.25, 0.3) is 254 Å². The number of hydrogen-bond donors (Lipinski definition) is 0. The predicted octanol–water partition coefficient (Wildman–Crippen LogP) is 35.0. The van der Waals surface area contributed by atoms with Gasteiger partial charge in [0.05, 0.1) is 78.3 Å². The first-order valence-corrected chi connectivity index (χ1v) is 51.3. The molecule has 694 valence electrons. The van der Waals surface area contributed by atoms with Crippen LogP contribution in [0.2, 0.25) is 0 Å². The first-order chi connectivity index (χ1) is 72.2. The van der Waals surface area contributed by atoms with Gasteiger partial charge in [0.15, 0.2) is 17.5 Å². The highest BCUT2D eigenvalue weighted by molar-refractivity contribution is 7.25. The number of para-hydroxylation sites is 6. The molecule has 0 spiro atoms. The van der Waals surface area contributed by atoms with Gasteiger partial charge in [0.25, 0.3) is 0 Å². The maximum absolute atomic E-state index is 6.27. The fraction of sp³-hybridized carbons (Fsp3) is 0.0667. The monoisotopic (exact) mass is 1900 g/mol. The first kappa shape index (κ1) is 85.4. The summed E-state index contributed by atoms with van der Waals surface area (Å²) in [6.07, 6.45) is 0. The molecule has 3 aliphatic rings. The molecular formula is C135H92N10OS. The second-order valence-electron chi connectivity index (χ2n) is 40.7. The minimum absolute atomic E-state index is 0.199. The fourth-order valence-electron chi connectivity index (χ4n) is 24.4. The summed E-state index contributed by atoms with van der Waals surface area (Å²) in [5, 5.41) is 14.7. The number of furan rings is 1. The van der Waals surface area contributed by atoms with E-state index in [0.717, 1.165) is 141 Å². The maximum atomic E-state index is 6.27. The largest absolute Gasteiger partial charge is 0.456 e. The normalized spacial score (nSPS) is 13.4. The van der Waals surface area contributed by atoms with Gasteiger partial charge in [0.2, 0.25) is 0 Å². The van der Waals surface area contributed by atoms with Crippen LogP contribution in [0.4, 0.5) is 0 Å². The van der Waals surface area contributed by atoms with Gasteiger partial charge >= 0.3 is 0 Å². The van der Waals surface area contributed by atoms with Crippen molar-refractivity contribution in [1.29, 1.82) is 0 Å². The summed E-state index contributed by atoms with van der Waals surface area (Å²) in [5.74, 6) is 2.21. The van der Waals surface area contributed by atoms with Crippen LogP contribution in [-0.2, 0) is 16.2 Å². The van der Waals surface area contributed by atoms with Crippen LogP contribution in [0, 0.1) is 0 Å². The Kier molecular flexibility index (Phi) is 19.1. The number of fused-ring (bicyclic) bond motifs is 27. The summed E-state index contributed by atoms with van der Waals surface area (Å²) in [4.78, 5) is 31.8. The molecule has 9 aromatic heterocycles. The van der Waals surface area contributed by atoms with E-state index >= 15 is 0 Å². The molecule has 0 N–H and O–H groups in total. The summed E-state index contributed by atoms with van der Waals surface area (Å²) in [7, 11) is 0. The Balaban J connectivity index is 0.000000104. The van der Waals surface area contributed by atoms with Crippen LogP contribution in [-0.4, -0.2) is 48.2 Å². The Labute approximate surface area is 851 Å². The molecule has 0 unspecified atom stereocenters. The first-order valence-electron chi connectivity index (χ1n) is 50.5. The Hall–Kier alpha value is -18.4. The molecule has 11 nitrogen and oxygen atoms in total. The van der Waals surface area contributed by atoms with E-state index in [1.807, 2.05) is 23.5 Å². The molecule has 0 fully saturated rings. The van der Waals surface area contributed by atoms with Gasteiger partial charge in [-0.1, -0.05) is 333 Å². The van der Waals surface area contributed by atoms with Gasteiger partial charge in [-0.05, 0) is 174 Å². The van der Waals surface area contributed by atoms with Crippen LogP contribution < -0.4 is 0 Å². The van der Waals surface area contributed by atoms with Crippen LogP contribution >= 0.6 is 11.3 Å². The molecule has 3 aliphatic carbocycles. The maximum Gasteiger partial charge on any atom is 0.160 e. The lowest BCUT2D eigenvalue weighted by Crippen LogP contribution is -2.17. The average Bonchev–Trinajstić information content (AvgIpc) is 1.60. The highest BCUT2D eigenvalue weighted by Gasteiger charge is 2.44. The standard InChI is InChI=1S/C49H34N4.C43H29N3O.C43H29N3S/c1-49(2)40-22-12-9-21-37(40)47-45(49)46(31-15-5-3-6-16-31)50-48(51-47)32-25-27-34(28-26-32)53-42-24-14-11-20-36(42)39-29-43-38(30-44(39)53)35-19-10-13-23-41(35)52(43)33-17-7-4-8-18-33;2*1-43(2)34-17-9-6-16-31(34)41-39(43)40(26-12-4-3-5-13-26)44-42(45-41)27-20-22-28(23-21-27)46-35-18-10-7-14-29(35)32-25-38-33(24-36(32)46)30-15-8-11-19-37(30)47-38/h3-30H,1-2H3;2*3-25H,1-2H3. The van der Waals surface area contributed by atoms with E-state index in [9.17, 15) is 0 Å². The zero-order valence-corrected chi connectivity index (χ0v) is 82.3. The van der Waals surface area contributed by atoms with Crippen LogP contribution in [0.5, 0.6) is 0 Å². The van der Waals surface area contributed by atoms with Crippen molar-refractivity contribution in [2.75, 3.05) is 0 Å². The number of benzene rings is 19. The second kappa shape index (κ2) is 32.8. The zero-order valence-electron chi connectivity index (χ0n) is 81.5. The fourth-order valence-corrected chi connectivity index (χ4v) is 25.6. The van der Waals surface area contributed by atoms with Crippen molar-refractivity contribution in [1.82, 2.24) is 48.2 Å². The van der Waals surface area contributed by atoms with E-state index in [2.05, 4.69) is 497 Å². The quantitative estimate of drug-likeness (QED) is 0.134. The van der Waals surface area contributed by atoms with Crippen LogP contribution in [0.15, 0.2) is 453 Å². The lowest BCUT2D eigenvalue weighted by atomic mass is 9.81. The van der Waals surface area contributed by atoms with Crippen molar-refractivity contribution in [3.05, 3.63) is 482 Å². The molecule has 0 saturated heterocycles. The summed E-state index contributed by atoms with van der Waals surface area (Å²) in [6.45, 7) is 13.7. The molecule has 147 heavy (non-hydrogen) atoms. The number of hydrogen-bond acceptors (Lipinski definition) is 8. The molecule has 12 heteroatoms. The molecule has 0 aliphatic heterocycles. The third-order valence-corrected chi connectivity index (χ3v) is 32.4. The molecule has 9 heterocycles. The van der Waals surface area contributed by atoms with Crippen molar-refractivity contribution >= 4 is 141 Å². The van der Waals surface area contributed by atoms with Gasteiger partial charge in [0, 0.05) is 180 Å². The number of thiophene rings is 1. The van der Waals surface area contributed by atoms with Gasteiger partial charge in [-0.15, -0.1) is 11.3 Å². The highest BCUT2D eigenvalue weighted by Crippen LogP contribution is 2.57. The number of nitrogens with zero attached hydrogens (tertiary/aromatic N) is 10. The molecule has 28 aromatic rings. The highest BCUT2D eigenvalue weighted by atomic mass is 32.1. The lowest BCUT2D eigenvalue weighted by Gasteiger charge is -2.23. The van der Waals surface area contributed by atoms with E-state index in [1.54, 1.807) is 0 Å². The summed E-state index contributed by atoms with van der Waals surface area (Å²) < 4.78 is 18.5. The lowest BCUT2D eigenvalue weighted by molar-refractivity contribution is 0.657. The minimum atomic E-state index is -0.213.